The second-order valence-corrected chi connectivity index (χ2v) is 8.84. The van der Waals surface area contributed by atoms with E-state index in [-0.39, 0.29) is 11.7 Å². The van der Waals surface area contributed by atoms with Gasteiger partial charge >= 0.3 is 6.09 Å². The van der Waals surface area contributed by atoms with Crippen LogP contribution in [0.3, 0.4) is 0 Å². The van der Waals surface area contributed by atoms with Gasteiger partial charge in [0.2, 0.25) is 0 Å². The van der Waals surface area contributed by atoms with Crippen molar-refractivity contribution in [2.45, 2.75) is 45.8 Å². The lowest BCUT2D eigenvalue weighted by Gasteiger charge is -2.31. The third-order valence-electron chi connectivity index (χ3n) is 5.27. The molecule has 31 heavy (non-hydrogen) atoms. The lowest BCUT2D eigenvalue weighted by atomic mass is 9.97. The average molecular weight is 433 g/mol. The van der Waals surface area contributed by atoms with E-state index < -0.39 is 5.60 Å². The minimum Gasteiger partial charge on any atom is -0.493 e. The summed E-state index contributed by atoms with van der Waals surface area (Å²) in [5.41, 5.74) is -0.114. The maximum absolute atomic E-state index is 12.5. The summed E-state index contributed by atoms with van der Waals surface area (Å²) in [6.07, 6.45) is 1.54. The molecule has 0 atom stereocenters. The first kappa shape index (κ1) is 22.9. The van der Waals surface area contributed by atoms with Crippen LogP contribution in [0.4, 0.5) is 4.79 Å². The monoisotopic (exact) mass is 432 g/mol. The van der Waals surface area contributed by atoms with E-state index in [1.807, 2.05) is 20.8 Å². The van der Waals surface area contributed by atoms with Crippen LogP contribution in [-0.2, 0) is 11.3 Å². The maximum atomic E-state index is 12.5. The van der Waals surface area contributed by atoms with Gasteiger partial charge in [-0.1, -0.05) is 0 Å². The highest BCUT2D eigenvalue weighted by Crippen LogP contribution is 2.30. The molecule has 1 fully saturated rings. The summed E-state index contributed by atoms with van der Waals surface area (Å²) < 4.78 is 15.9. The molecule has 2 aromatic rings. The number of amides is 1. The van der Waals surface area contributed by atoms with E-state index in [1.54, 1.807) is 19.2 Å². The summed E-state index contributed by atoms with van der Waals surface area (Å²) >= 11 is 0. The quantitative estimate of drug-likeness (QED) is 0.723. The number of alkyl carbamates (subject to hydrolysis) is 1. The van der Waals surface area contributed by atoms with Gasteiger partial charge in [-0.25, -0.2) is 9.78 Å². The zero-order valence-corrected chi connectivity index (χ0v) is 18.9. The van der Waals surface area contributed by atoms with E-state index >= 15 is 0 Å². The van der Waals surface area contributed by atoms with E-state index in [1.165, 1.54) is 7.11 Å². The Balaban J connectivity index is 1.58. The fourth-order valence-corrected chi connectivity index (χ4v) is 3.69. The molecule has 0 spiro atoms. The summed E-state index contributed by atoms with van der Waals surface area (Å²) in [4.78, 5) is 34.1. The van der Waals surface area contributed by atoms with Crippen LogP contribution < -0.4 is 20.3 Å². The standard InChI is InChI=1S/C22H32N4O5/c1-22(2,3)31-21(28)23-12-14-6-8-26(9-7-14)13-19-24-16-11-18(30-5)17(29-4)10-15(16)20(27)25-19/h10-11,14H,6-9,12-13H2,1-5H3,(H,23,28)(H,24,25,27). The van der Waals surface area contributed by atoms with Crippen molar-refractivity contribution < 1.29 is 19.0 Å². The molecule has 9 nitrogen and oxygen atoms in total. The van der Waals surface area contributed by atoms with Crippen molar-refractivity contribution in [3.05, 3.63) is 28.3 Å². The van der Waals surface area contributed by atoms with Gasteiger partial charge in [0, 0.05) is 12.6 Å². The number of fused-ring (bicyclic) bond motifs is 1. The summed E-state index contributed by atoms with van der Waals surface area (Å²) in [5, 5.41) is 3.33. The molecular formula is C22H32N4O5. The number of benzene rings is 1. The number of piperidine rings is 1. The van der Waals surface area contributed by atoms with Gasteiger partial charge in [-0.15, -0.1) is 0 Å². The van der Waals surface area contributed by atoms with Crippen LogP contribution in [0.5, 0.6) is 11.5 Å². The van der Waals surface area contributed by atoms with E-state index in [0.717, 1.165) is 25.9 Å². The number of hydrogen-bond donors (Lipinski definition) is 2. The molecule has 1 amide bonds. The molecule has 0 aliphatic carbocycles. The van der Waals surface area contributed by atoms with Crippen molar-refractivity contribution in [3.63, 3.8) is 0 Å². The number of ether oxygens (including phenoxy) is 3. The molecule has 0 saturated carbocycles. The third kappa shape index (κ3) is 6.10. The molecule has 1 aliphatic rings. The van der Waals surface area contributed by atoms with E-state index in [0.29, 0.717) is 47.2 Å². The highest BCUT2D eigenvalue weighted by atomic mass is 16.6. The molecule has 3 rings (SSSR count). The van der Waals surface area contributed by atoms with Gasteiger partial charge in [0.05, 0.1) is 31.7 Å². The molecule has 2 heterocycles. The Morgan fingerprint density at radius 2 is 1.84 bits per heavy atom. The van der Waals surface area contributed by atoms with Crippen molar-refractivity contribution >= 4 is 17.0 Å². The first-order chi connectivity index (χ1) is 14.7. The highest BCUT2D eigenvalue weighted by molar-refractivity contribution is 5.81. The van der Waals surface area contributed by atoms with Crippen LogP contribution in [0.25, 0.3) is 10.9 Å². The molecule has 9 heteroatoms. The Kier molecular flexibility index (Phi) is 7.04. The van der Waals surface area contributed by atoms with Gasteiger partial charge in [-0.2, -0.15) is 0 Å². The Labute approximate surface area is 182 Å². The number of likely N-dealkylation sites (tertiary alicyclic amines) is 1. The van der Waals surface area contributed by atoms with Gasteiger partial charge < -0.3 is 24.5 Å². The van der Waals surface area contributed by atoms with Crippen molar-refractivity contribution in [1.29, 1.82) is 0 Å². The predicted molar refractivity (Wildman–Crippen MR) is 118 cm³/mol. The van der Waals surface area contributed by atoms with Gasteiger partial charge in [0.1, 0.15) is 11.4 Å². The Bertz CT molecular complexity index is 974. The van der Waals surface area contributed by atoms with Crippen LogP contribution >= 0.6 is 0 Å². The highest BCUT2D eigenvalue weighted by Gasteiger charge is 2.22. The van der Waals surface area contributed by atoms with E-state index in [2.05, 4.69) is 20.2 Å². The Hall–Kier alpha value is -2.81. The van der Waals surface area contributed by atoms with Crippen molar-refractivity contribution in [1.82, 2.24) is 20.2 Å². The van der Waals surface area contributed by atoms with Gasteiger partial charge in [-0.05, 0) is 58.7 Å². The first-order valence-electron chi connectivity index (χ1n) is 10.5. The zero-order chi connectivity index (χ0) is 22.6. The number of nitrogens with one attached hydrogen (secondary N) is 2. The average Bonchev–Trinajstić information content (AvgIpc) is 2.71. The van der Waals surface area contributed by atoms with Crippen molar-refractivity contribution in [3.8, 4) is 11.5 Å². The van der Waals surface area contributed by atoms with Gasteiger partial charge in [-0.3, -0.25) is 9.69 Å². The van der Waals surface area contributed by atoms with Crippen LogP contribution in [0.2, 0.25) is 0 Å². The largest absolute Gasteiger partial charge is 0.493 e. The number of nitrogens with zero attached hydrogens (tertiary/aromatic N) is 2. The molecule has 1 saturated heterocycles. The fourth-order valence-electron chi connectivity index (χ4n) is 3.69. The summed E-state index contributed by atoms with van der Waals surface area (Å²) in [5.74, 6) is 2.06. The number of H-pyrrole nitrogens is 1. The van der Waals surface area contributed by atoms with Crippen LogP contribution in [0.1, 0.15) is 39.4 Å². The van der Waals surface area contributed by atoms with E-state index in [4.69, 9.17) is 14.2 Å². The molecule has 0 unspecified atom stereocenters. The Morgan fingerprint density at radius 3 is 2.45 bits per heavy atom. The summed E-state index contributed by atoms with van der Waals surface area (Å²) in [6.45, 7) is 8.46. The summed E-state index contributed by atoms with van der Waals surface area (Å²) in [6, 6.07) is 3.37. The molecular weight excluding hydrogens is 400 g/mol. The minimum atomic E-state index is -0.494. The summed E-state index contributed by atoms with van der Waals surface area (Å²) in [7, 11) is 3.09. The molecule has 1 aliphatic heterocycles. The number of aromatic nitrogens is 2. The SMILES string of the molecule is COc1cc2nc(CN3CCC(CNC(=O)OC(C)(C)C)CC3)[nH]c(=O)c2cc1OC. The lowest BCUT2D eigenvalue weighted by molar-refractivity contribution is 0.0509. The maximum Gasteiger partial charge on any atom is 0.407 e. The number of rotatable bonds is 6. The van der Waals surface area contributed by atoms with Crippen LogP contribution in [0.15, 0.2) is 16.9 Å². The molecule has 0 bridgehead atoms. The predicted octanol–water partition coefficient (Wildman–Crippen LogP) is 2.68. The smallest absolute Gasteiger partial charge is 0.407 e. The normalized spacial score (nSPS) is 15.6. The van der Waals surface area contributed by atoms with Gasteiger partial charge in [0.25, 0.3) is 5.56 Å². The fraction of sp³-hybridized carbons (Fsp3) is 0.591. The third-order valence-corrected chi connectivity index (χ3v) is 5.27. The number of hydrogen-bond acceptors (Lipinski definition) is 7. The Morgan fingerprint density at radius 1 is 1.19 bits per heavy atom. The minimum absolute atomic E-state index is 0.197. The second kappa shape index (κ2) is 9.55. The zero-order valence-electron chi connectivity index (χ0n) is 18.9. The van der Waals surface area contributed by atoms with Crippen molar-refractivity contribution in [2.75, 3.05) is 33.9 Å². The van der Waals surface area contributed by atoms with Crippen LogP contribution in [-0.4, -0.2) is 60.4 Å². The topological polar surface area (TPSA) is 106 Å². The molecule has 170 valence electrons. The lowest BCUT2D eigenvalue weighted by Crippen LogP contribution is -2.40. The number of carbonyl (C=O) groups excluding carboxylic acids is 1. The molecule has 0 radical (unpaired) electrons. The van der Waals surface area contributed by atoms with Crippen molar-refractivity contribution in [2.24, 2.45) is 5.92 Å². The molecule has 1 aromatic heterocycles. The first-order valence-corrected chi connectivity index (χ1v) is 10.5. The van der Waals surface area contributed by atoms with E-state index in [9.17, 15) is 9.59 Å². The molecule has 1 aromatic carbocycles. The number of aromatic amines is 1. The molecule has 2 N–H and O–H groups in total. The van der Waals surface area contributed by atoms with Gasteiger partial charge in [0.15, 0.2) is 11.5 Å². The number of methoxy groups -OCH3 is 2. The second-order valence-electron chi connectivity index (χ2n) is 8.84. The van der Waals surface area contributed by atoms with Crippen LogP contribution in [0, 0.1) is 5.92 Å². The number of carbonyl (C=O) groups is 1.